The van der Waals surface area contributed by atoms with Crippen molar-refractivity contribution >= 4 is 17.7 Å². The predicted octanol–water partition coefficient (Wildman–Crippen LogP) is 3.33. The van der Waals surface area contributed by atoms with Gasteiger partial charge in [-0.2, -0.15) is 0 Å². The van der Waals surface area contributed by atoms with Gasteiger partial charge < -0.3 is 5.32 Å². The van der Waals surface area contributed by atoms with Crippen LogP contribution < -0.4 is 5.32 Å². The van der Waals surface area contributed by atoms with Crippen LogP contribution >= 0.6 is 11.8 Å². The molecule has 1 heterocycles. The van der Waals surface area contributed by atoms with Crippen molar-refractivity contribution in [2.45, 2.75) is 43.9 Å². The average molecular weight is 243 g/mol. The van der Waals surface area contributed by atoms with Gasteiger partial charge in [0.05, 0.1) is 6.20 Å². The number of anilines is 1. The second-order valence-corrected chi connectivity index (χ2v) is 5.04. The van der Waals surface area contributed by atoms with Crippen molar-refractivity contribution in [3.63, 3.8) is 0 Å². The Morgan fingerprint density at radius 2 is 2.25 bits per heavy atom. The van der Waals surface area contributed by atoms with Gasteiger partial charge in [-0.1, -0.05) is 20.8 Å². The van der Waals surface area contributed by atoms with Crippen LogP contribution in [0.4, 0.5) is 10.3 Å². The Morgan fingerprint density at radius 1 is 1.50 bits per heavy atom. The summed E-state index contributed by atoms with van der Waals surface area (Å²) < 4.78 is 13.4. The number of hydrogen-bond acceptors (Lipinski definition) is 4. The Hall–Kier alpha value is -0.840. The van der Waals surface area contributed by atoms with Crippen LogP contribution in [-0.4, -0.2) is 21.8 Å². The third kappa shape index (κ3) is 3.96. The van der Waals surface area contributed by atoms with Crippen LogP contribution in [0.2, 0.25) is 0 Å². The summed E-state index contributed by atoms with van der Waals surface area (Å²) >= 11 is 1.45. The van der Waals surface area contributed by atoms with Crippen LogP contribution in [0.15, 0.2) is 11.2 Å². The zero-order chi connectivity index (χ0) is 12.0. The first-order chi connectivity index (χ1) is 7.67. The van der Waals surface area contributed by atoms with E-state index in [0.717, 1.165) is 19.4 Å². The van der Waals surface area contributed by atoms with E-state index < -0.39 is 0 Å². The summed E-state index contributed by atoms with van der Waals surface area (Å²) in [4.78, 5) is 8.06. The summed E-state index contributed by atoms with van der Waals surface area (Å²) in [5, 5.41) is 3.85. The van der Waals surface area contributed by atoms with Crippen molar-refractivity contribution in [1.29, 1.82) is 0 Å². The Labute approximate surface area is 100 Å². The third-order valence-electron chi connectivity index (χ3n) is 2.13. The smallest absolute Gasteiger partial charge is 0.223 e. The van der Waals surface area contributed by atoms with Gasteiger partial charge in [-0.25, -0.2) is 14.4 Å². The van der Waals surface area contributed by atoms with Crippen LogP contribution in [0.1, 0.15) is 33.6 Å². The number of rotatable bonds is 6. The molecule has 1 aromatic rings. The minimum absolute atomic E-state index is 0.340. The first kappa shape index (κ1) is 13.2. The van der Waals surface area contributed by atoms with E-state index in [9.17, 15) is 4.39 Å². The molecular weight excluding hydrogens is 225 g/mol. The molecule has 0 bridgehead atoms. The largest absolute Gasteiger partial charge is 0.354 e. The van der Waals surface area contributed by atoms with E-state index in [0.29, 0.717) is 16.2 Å². The van der Waals surface area contributed by atoms with Crippen molar-refractivity contribution in [2.24, 2.45) is 0 Å². The lowest BCUT2D eigenvalue weighted by Crippen LogP contribution is -2.06. The summed E-state index contributed by atoms with van der Waals surface area (Å²) in [5.74, 6) is 0.168. The molecule has 0 radical (unpaired) electrons. The summed E-state index contributed by atoms with van der Waals surface area (Å²) in [6, 6.07) is 0. The summed E-state index contributed by atoms with van der Waals surface area (Å²) in [5.41, 5.74) is 0. The maximum absolute atomic E-state index is 13.4. The van der Waals surface area contributed by atoms with Gasteiger partial charge in [0.15, 0.2) is 5.82 Å². The van der Waals surface area contributed by atoms with Crippen molar-refractivity contribution in [2.75, 3.05) is 11.9 Å². The minimum atomic E-state index is -0.340. The van der Waals surface area contributed by atoms with Gasteiger partial charge >= 0.3 is 0 Å². The SMILES string of the molecule is CCCNc1ncc(F)c(SC(C)CC)n1. The Balaban J connectivity index is 2.73. The number of halogens is 1. The van der Waals surface area contributed by atoms with Crippen LogP contribution in [0.5, 0.6) is 0 Å². The number of nitrogens with zero attached hydrogens (tertiary/aromatic N) is 2. The van der Waals surface area contributed by atoms with Gasteiger partial charge in [-0.05, 0) is 12.8 Å². The maximum atomic E-state index is 13.4. The number of hydrogen-bond donors (Lipinski definition) is 1. The van der Waals surface area contributed by atoms with Gasteiger partial charge in [0, 0.05) is 11.8 Å². The lowest BCUT2D eigenvalue weighted by atomic mass is 10.4. The van der Waals surface area contributed by atoms with E-state index in [2.05, 4.69) is 36.1 Å². The van der Waals surface area contributed by atoms with Gasteiger partial charge in [-0.3, -0.25) is 0 Å². The normalized spacial score (nSPS) is 12.5. The standard InChI is InChI=1S/C11H18FN3S/c1-4-6-13-11-14-7-9(12)10(15-11)16-8(3)5-2/h7-8H,4-6H2,1-3H3,(H,13,14,15). The average Bonchev–Trinajstić information content (AvgIpc) is 2.30. The molecule has 0 amide bonds. The lowest BCUT2D eigenvalue weighted by Gasteiger charge is -2.09. The van der Waals surface area contributed by atoms with E-state index in [4.69, 9.17) is 0 Å². The van der Waals surface area contributed by atoms with Crippen molar-refractivity contribution in [3.8, 4) is 0 Å². The highest BCUT2D eigenvalue weighted by Crippen LogP contribution is 2.25. The summed E-state index contributed by atoms with van der Waals surface area (Å²) in [6.07, 6.45) is 3.22. The molecule has 0 aromatic carbocycles. The molecule has 3 nitrogen and oxygen atoms in total. The molecule has 0 aliphatic carbocycles. The molecule has 1 aromatic heterocycles. The molecule has 0 aliphatic rings. The van der Waals surface area contributed by atoms with E-state index >= 15 is 0 Å². The fourth-order valence-electron chi connectivity index (χ4n) is 1.03. The summed E-state index contributed by atoms with van der Waals surface area (Å²) in [7, 11) is 0. The molecule has 0 saturated carbocycles. The highest BCUT2D eigenvalue weighted by Gasteiger charge is 2.10. The van der Waals surface area contributed by atoms with Crippen LogP contribution in [0, 0.1) is 5.82 Å². The molecule has 90 valence electrons. The second kappa shape index (κ2) is 6.68. The maximum Gasteiger partial charge on any atom is 0.223 e. The Bertz CT molecular complexity index is 333. The molecule has 0 spiro atoms. The van der Waals surface area contributed by atoms with Gasteiger partial charge in [0.2, 0.25) is 5.95 Å². The van der Waals surface area contributed by atoms with Gasteiger partial charge in [0.25, 0.3) is 0 Å². The molecule has 1 N–H and O–H groups in total. The van der Waals surface area contributed by atoms with E-state index in [1.807, 2.05) is 0 Å². The molecule has 0 aliphatic heterocycles. The van der Waals surface area contributed by atoms with E-state index in [1.54, 1.807) is 0 Å². The highest BCUT2D eigenvalue weighted by atomic mass is 32.2. The van der Waals surface area contributed by atoms with Crippen LogP contribution in [-0.2, 0) is 0 Å². The second-order valence-electron chi connectivity index (χ2n) is 3.61. The number of aromatic nitrogens is 2. The molecular formula is C11H18FN3S. The Morgan fingerprint density at radius 3 is 2.88 bits per heavy atom. The monoisotopic (exact) mass is 243 g/mol. The molecule has 1 rings (SSSR count). The molecule has 5 heteroatoms. The fourth-order valence-corrected chi connectivity index (χ4v) is 1.88. The molecule has 0 saturated heterocycles. The van der Waals surface area contributed by atoms with Gasteiger partial charge in [0.1, 0.15) is 5.03 Å². The van der Waals surface area contributed by atoms with E-state index in [-0.39, 0.29) is 5.82 Å². The quantitative estimate of drug-likeness (QED) is 0.614. The number of nitrogens with one attached hydrogen (secondary N) is 1. The van der Waals surface area contributed by atoms with Gasteiger partial charge in [-0.15, -0.1) is 11.8 Å². The van der Waals surface area contributed by atoms with Crippen molar-refractivity contribution < 1.29 is 4.39 Å². The summed E-state index contributed by atoms with van der Waals surface area (Å²) in [6.45, 7) is 7.00. The minimum Gasteiger partial charge on any atom is -0.354 e. The van der Waals surface area contributed by atoms with Crippen LogP contribution in [0.3, 0.4) is 0 Å². The molecule has 0 fully saturated rings. The molecule has 1 unspecified atom stereocenters. The molecule has 1 atom stereocenters. The zero-order valence-corrected chi connectivity index (χ0v) is 10.8. The first-order valence-electron chi connectivity index (χ1n) is 5.60. The fraction of sp³-hybridized carbons (Fsp3) is 0.636. The molecule has 16 heavy (non-hydrogen) atoms. The Kier molecular flexibility index (Phi) is 5.52. The van der Waals surface area contributed by atoms with Crippen LogP contribution in [0.25, 0.3) is 0 Å². The van der Waals surface area contributed by atoms with E-state index in [1.165, 1.54) is 18.0 Å². The lowest BCUT2D eigenvalue weighted by molar-refractivity contribution is 0.579. The zero-order valence-electron chi connectivity index (χ0n) is 9.96. The third-order valence-corrected chi connectivity index (χ3v) is 3.38. The highest BCUT2D eigenvalue weighted by molar-refractivity contribution is 7.99. The van der Waals surface area contributed by atoms with Crippen molar-refractivity contribution in [3.05, 3.63) is 12.0 Å². The number of thioether (sulfide) groups is 1. The topological polar surface area (TPSA) is 37.8 Å². The van der Waals surface area contributed by atoms with Crippen molar-refractivity contribution in [1.82, 2.24) is 9.97 Å². The first-order valence-corrected chi connectivity index (χ1v) is 6.48. The predicted molar refractivity (Wildman–Crippen MR) is 66.4 cm³/mol.